The molecule has 0 atom stereocenters. The molecule has 1 aliphatic rings. The Labute approximate surface area is 184 Å². The molecule has 1 N–H and O–H groups in total. The first-order valence-corrected chi connectivity index (χ1v) is 10.8. The van der Waals surface area contributed by atoms with Crippen molar-refractivity contribution in [1.82, 2.24) is 5.01 Å². The van der Waals surface area contributed by atoms with Gasteiger partial charge in [-0.2, -0.15) is 5.10 Å². The number of methoxy groups -OCH3 is 1. The Morgan fingerprint density at radius 3 is 2.23 bits per heavy atom. The zero-order valence-corrected chi connectivity index (χ0v) is 18.0. The number of hydrogen-bond donors (Lipinski definition) is 1. The molecule has 3 aromatic carbocycles. The first-order valence-electron chi connectivity index (χ1n) is 10.8. The topological polar surface area (TPSA) is 38.5 Å². The highest BCUT2D eigenvalue weighted by Gasteiger charge is 2.18. The molecule has 1 fully saturated rings. The van der Waals surface area contributed by atoms with Gasteiger partial charge in [0.1, 0.15) is 13.2 Å². The van der Waals surface area contributed by atoms with Crippen molar-refractivity contribution in [3.05, 3.63) is 95.6 Å². The standard InChI is InChI=1S/C26H29N3O2/c1-30-25-13-12-24(18-26(25)31-21-23-10-6-3-7-11-23)19-27-29-16-14-28(15-17-29)20-22-8-4-2-5-9-22/h2-13,18-19H,14-17,20-21H2,1H3/p+1/b27-19-. The van der Waals surface area contributed by atoms with Crippen molar-refractivity contribution < 1.29 is 14.4 Å². The zero-order chi connectivity index (χ0) is 21.3. The molecule has 0 bridgehead atoms. The Kier molecular flexibility index (Phi) is 7.19. The van der Waals surface area contributed by atoms with E-state index in [1.165, 1.54) is 5.56 Å². The first-order chi connectivity index (χ1) is 15.3. The lowest BCUT2D eigenvalue weighted by Crippen LogP contribution is -3.13. The third kappa shape index (κ3) is 6.09. The van der Waals surface area contributed by atoms with E-state index >= 15 is 0 Å². The van der Waals surface area contributed by atoms with Crippen molar-refractivity contribution in [1.29, 1.82) is 0 Å². The van der Waals surface area contributed by atoms with Crippen molar-refractivity contribution in [3.63, 3.8) is 0 Å². The Balaban J connectivity index is 1.32. The van der Waals surface area contributed by atoms with Crippen LogP contribution >= 0.6 is 0 Å². The molecule has 3 aromatic rings. The summed E-state index contributed by atoms with van der Waals surface area (Å²) in [5.41, 5.74) is 3.53. The van der Waals surface area contributed by atoms with E-state index in [4.69, 9.17) is 14.6 Å². The molecule has 0 spiro atoms. The molecule has 4 rings (SSSR count). The highest BCUT2D eigenvalue weighted by atomic mass is 16.5. The summed E-state index contributed by atoms with van der Waals surface area (Å²) in [4.78, 5) is 1.61. The molecule has 31 heavy (non-hydrogen) atoms. The van der Waals surface area contributed by atoms with E-state index in [0.717, 1.165) is 55.3 Å². The van der Waals surface area contributed by atoms with Crippen molar-refractivity contribution in [3.8, 4) is 11.5 Å². The van der Waals surface area contributed by atoms with Crippen LogP contribution in [-0.2, 0) is 13.2 Å². The maximum atomic E-state index is 6.01. The van der Waals surface area contributed by atoms with Gasteiger partial charge in [0.05, 0.1) is 39.5 Å². The second kappa shape index (κ2) is 10.6. The summed E-state index contributed by atoms with van der Waals surface area (Å²) in [6.45, 7) is 5.71. The predicted octanol–water partition coefficient (Wildman–Crippen LogP) is 3.01. The van der Waals surface area contributed by atoms with E-state index in [-0.39, 0.29) is 0 Å². The van der Waals surface area contributed by atoms with Crippen LogP contribution in [0.1, 0.15) is 16.7 Å². The number of piperazine rings is 1. The molecule has 1 heterocycles. The van der Waals surface area contributed by atoms with Gasteiger partial charge in [-0.25, -0.2) is 0 Å². The van der Waals surface area contributed by atoms with Gasteiger partial charge in [-0.1, -0.05) is 60.7 Å². The van der Waals surface area contributed by atoms with E-state index in [9.17, 15) is 0 Å². The van der Waals surface area contributed by atoms with Crippen LogP contribution in [0.5, 0.6) is 11.5 Å². The summed E-state index contributed by atoms with van der Waals surface area (Å²) < 4.78 is 11.5. The minimum Gasteiger partial charge on any atom is -0.493 e. The van der Waals surface area contributed by atoms with Crippen LogP contribution in [0.2, 0.25) is 0 Å². The number of ether oxygens (including phenoxy) is 2. The third-order valence-corrected chi connectivity index (χ3v) is 5.54. The zero-order valence-electron chi connectivity index (χ0n) is 18.0. The lowest BCUT2D eigenvalue weighted by Gasteiger charge is -2.30. The Hall–Kier alpha value is -3.31. The molecule has 0 radical (unpaired) electrons. The molecule has 5 heteroatoms. The minimum absolute atomic E-state index is 0.504. The van der Waals surface area contributed by atoms with Gasteiger partial charge in [-0.3, -0.25) is 5.01 Å². The fraction of sp³-hybridized carbons (Fsp3) is 0.269. The maximum absolute atomic E-state index is 6.01. The first kappa shape index (κ1) is 20.9. The van der Waals surface area contributed by atoms with E-state index in [1.807, 2.05) is 42.6 Å². The van der Waals surface area contributed by atoms with Gasteiger partial charge in [-0.05, 0) is 29.3 Å². The lowest BCUT2D eigenvalue weighted by molar-refractivity contribution is -0.918. The summed E-state index contributed by atoms with van der Waals surface area (Å²) in [5, 5.41) is 6.86. The molecular weight excluding hydrogens is 386 g/mol. The molecule has 0 amide bonds. The van der Waals surface area contributed by atoms with Gasteiger partial charge in [0, 0.05) is 5.56 Å². The molecular formula is C26H30N3O2+. The molecule has 5 nitrogen and oxygen atoms in total. The van der Waals surface area contributed by atoms with E-state index < -0.39 is 0 Å². The van der Waals surface area contributed by atoms with Crippen molar-refractivity contribution >= 4 is 6.21 Å². The summed E-state index contributed by atoms with van der Waals surface area (Å²) >= 11 is 0. The van der Waals surface area contributed by atoms with Gasteiger partial charge in [0.25, 0.3) is 0 Å². The monoisotopic (exact) mass is 416 g/mol. The Morgan fingerprint density at radius 2 is 1.55 bits per heavy atom. The smallest absolute Gasteiger partial charge is 0.162 e. The molecule has 0 aromatic heterocycles. The van der Waals surface area contributed by atoms with Crippen LogP contribution in [0, 0.1) is 0 Å². The number of hydrazone groups is 1. The highest BCUT2D eigenvalue weighted by molar-refractivity contribution is 5.80. The number of benzene rings is 3. The number of nitrogens with zero attached hydrogens (tertiary/aromatic N) is 2. The van der Waals surface area contributed by atoms with Gasteiger partial charge in [-0.15, -0.1) is 0 Å². The highest BCUT2D eigenvalue weighted by Crippen LogP contribution is 2.28. The molecule has 160 valence electrons. The number of quaternary nitrogens is 1. The maximum Gasteiger partial charge on any atom is 0.162 e. The summed E-state index contributed by atoms with van der Waals surface area (Å²) in [6.07, 6.45) is 1.91. The fourth-order valence-corrected chi connectivity index (χ4v) is 3.76. The summed E-state index contributed by atoms with van der Waals surface area (Å²) in [6, 6.07) is 26.8. The van der Waals surface area contributed by atoms with E-state index in [1.54, 1.807) is 12.0 Å². The number of nitrogens with one attached hydrogen (secondary N) is 1. The van der Waals surface area contributed by atoms with Gasteiger partial charge in [0.2, 0.25) is 0 Å². The quantitative estimate of drug-likeness (QED) is 0.574. The second-order valence-corrected chi connectivity index (χ2v) is 7.80. The van der Waals surface area contributed by atoms with Crippen LogP contribution in [0.25, 0.3) is 0 Å². The van der Waals surface area contributed by atoms with Crippen molar-refractivity contribution in [2.45, 2.75) is 13.2 Å². The lowest BCUT2D eigenvalue weighted by atomic mass is 10.2. The average Bonchev–Trinajstić information content (AvgIpc) is 2.83. The molecule has 1 saturated heterocycles. The largest absolute Gasteiger partial charge is 0.493 e. The third-order valence-electron chi connectivity index (χ3n) is 5.54. The normalized spacial score (nSPS) is 14.7. The number of rotatable bonds is 8. The second-order valence-electron chi connectivity index (χ2n) is 7.80. The summed E-state index contributed by atoms with van der Waals surface area (Å²) in [7, 11) is 1.66. The SMILES string of the molecule is COc1ccc(/C=N\N2CC[NH+](Cc3ccccc3)CC2)cc1OCc1ccccc1. The van der Waals surface area contributed by atoms with Gasteiger partial charge < -0.3 is 14.4 Å². The number of hydrogen-bond acceptors (Lipinski definition) is 4. The molecule has 1 aliphatic heterocycles. The molecule has 0 aliphatic carbocycles. The fourth-order valence-electron chi connectivity index (χ4n) is 3.76. The van der Waals surface area contributed by atoms with Crippen LogP contribution in [-0.4, -0.2) is 44.5 Å². The summed E-state index contributed by atoms with van der Waals surface area (Å²) in [5.74, 6) is 1.46. The van der Waals surface area contributed by atoms with Crippen LogP contribution in [0.3, 0.4) is 0 Å². The van der Waals surface area contributed by atoms with Gasteiger partial charge in [0.15, 0.2) is 11.5 Å². The Morgan fingerprint density at radius 1 is 0.871 bits per heavy atom. The van der Waals surface area contributed by atoms with Crippen molar-refractivity contribution in [2.24, 2.45) is 5.10 Å². The van der Waals surface area contributed by atoms with Crippen LogP contribution in [0.4, 0.5) is 0 Å². The van der Waals surface area contributed by atoms with Crippen molar-refractivity contribution in [2.75, 3.05) is 33.3 Å². The van der Waals surface area contributed by atoms with E-state index in [0.29, 0.717) is 6.61 Å². The van der Waals surface area contributed by atoms with Crippen LogP contribution in [0.15, 0.2) is 84.0 Å². The minimum atomic E-state index is 0.504. The van der Waals surface area contributed by atoms with E-state index in [2.05, 4.69) is 47.5 Å². The predicted molar refractivity (Wildman–Crippen MR) is 124 cm³/mol. The molecule has 0 saturated carbocycles. The Bertz CT molecular complexity index is 968. The average molecular weight is 417 g/mol. The van der Waals surface area contributed by atoms with Gasteiger partial charge >= 0.3 is 0 Å². The van der Waals surface area contributed by atoms with Crippen LogP contribution < -0.4 is 14.4 Å². The molecule has 0 unspecified atom stereocenters.